The van der Waals surface area contributed by atoms with Crippen molar-refractivity contribution in [3.8, 4) is 5.75 Å². The first kappa shape index (κ1) is 19.1. The van der Waals surface area contributed by atoms with Crippen molar-refractivity contribution in [3.63, 3.8) is 0 Å². The summed E-state index contributed by atoms with van der Waals surface area (Å²) in [6.45, 7) is 3.65. The van der Waals surface area contributed by atoms with Gasteiger partial charge in [0.2, 0.25) is 5.78 Å². The molecule has 1 aromatic carbocycles. The summed E-state index contributed by atoms with van der Waals surface area (Å²) in [6, 6.07) is 9.77. The predicted molar refractivity (Wildman–Crippen MR) is 102 cm³/mol. The lowest BCUT2D eigenvalue weighted by Gasteiger charge is -2.05. The van der Waals surface area contributed by atoms with Gasteiger partial charge in [-0.05, 0) is 56.3 Å². The second-order valence-corrected chi connectivity index (χ2v) is 6.29. The van der Waals surface area contributed by atoms with E-state index in [0.29, 0.717) is 28.5 Å². The minimum atomic E-state index is -0.432. The van der Waals surface area contributed by atoms with Crippen LogP contribution in [0.2, 0.25) is 0 Å². The van der Waals surface area contributed by atoms with Gasteiger partial charge in [0.05, 0.1) is 10.6 Å². The third-order valence-corrected chi connectivity index (χ3v) is 4.08. The number of ketones is 1. The smallest absolute Gasteiger partial charge is 0.272 e. The number of rotatable bonds is 7. The second-order valence-electron chi connectivity index (χ2n) is 6.29. The summed E-state index contributed by atoms with van der Waals surface area (Å²) >= 11 is 0. The van der Waals surface area contributed by atoms with Crippen LogP contribution in [-0.2, 0) is 13.7 Å². The normalized spacial score (nSPS) is 11.1. The molecule has 0 saturated heterocycles. The molecule has 3 rings (SSSR count). The molecule has 3 aromatic rings. The number of nitro groups is 1. The lowest BCUT2D eigenvalue weighted by atomic mass is 10.2. The Labute approximate surface area is 161 Å². The lowest BCUT2D eigenvalue weighted by molar-refractivity contribution is -0.385. The quantitative estimate of drug-likeness (QED) is 0.265. The number of nitro benzene ring substituents is 1. The highest BCUT2D eigenvalue weighted by Crippen LogP contribution is 2.24. The number of aromatic nitrogens is 2. The van der Waals surface area contributed by atoms with E-state index in [1.165, 1.54) is 16.8 Å². The SMILES string of the molecule is Cc1cc(C(=O)/C=C/c2ccc(COc3ccc([N+](=O)[O-])c(C)c3)o2)n(C)n1. The molecule has 0 N–H and O–H groups in total. The van der Waals surface area contributed by atoms with E-state index in [0.717, 1.165) is 5.69 Å². The third kappa shape index (κ3) is 4.35. The molecule has 2 heterocycles. The van der Waals surface area contributed by atoms with Crippen molar-refractivity contribution in [3.05, 3.63) is 81.1 Å². The molecule has 28 heavy (non-hydrogen) atoms. The zero-order chi connectivity index (χ0) is 20.3. The maximum absolute atomic E-state index is 12.2. The van der Waals surface area contributed by atoms with Crippen LogP contribution in [0, 0.1) is 24.0 Å². The number of carbonyl (C=O) groups is 1. The summed E-state index contributed by atoms with van der Waals surface area (Å²) < 4.78 is 12.8. The summed E-state index contributed by atoms with van der Waals surface area (Å²) in [5.74, 6) is 1.43. The van der Waals surface area contributed by atoms with Crippen LogP contribution >= 0.6 is 0 Å². The first-order valence-corrected chi connectivity index (χ1v) is 8.53. The molecule has 0 unspecified atom stereocenters. The molecule has 0 fully saturated rings. The van der Waals surface area contributed by atoms with Gasteiger partial charge in [0.1, 0.15) is 29.6 Å². The average molecular weight is 381 g/mol. The predicted octanol–water partition coefficient (Wildman–Crippen LogP) is 4.01. The number of allylic oxidation sites excluding steroid dienone is 1. The fraction of sp³-hybridized carbons (Fsp3) is 0.200. The van der Waals surface area contributed by atoms with Gasteiger partial charge in [0, 0.05) is 18.7 Å². The summed E-state index contributed by atoms with van der Waals surface area (Å²) in [6.07, 6.45) is 3.02. The molecule has 0 atom stereocenters. The number of furan rings is 1. The van der Waals surface area contributed by atoms with Gasteiger partial charge in [-0.3, -0.25) is 19.6 Å². The molecule has 0 aliphatic carbocycles. The molecular weight excluding hydrogens is 362 g/mol. The van der Waals surface area contributed by atoms with Crippen molar-refractivity contribution in [2.24, 2.45) is 7.05 Å². The monoisotopic (exact) mass is 381 g/mol. The molecule has 0 aliphatic rings. The number of aryl methyl sites for hydroxylation is 3. The van der Waals surface area contributed by atoms with Crippen molar-refractivity contribution in [1.82, 2.24) is 9.78 Å². The Hall–Kier alpha value is -3.68. The maximum atomic E-state index is 12.2. The Kier molecular flexibility index (Phi) is 5.39. The lowest BCUT2D eigenvalue weighted by Crippen LogP contribution is -2.03. The molecule has 0 aliphatic heterocycles. The van der Waals surface area contributed by atoms with E-state index >= 15 is 0 Å². The number of hydrogen-bond acceptors (Lipinski definition) is 6. The van der Waals surface area contributed by atoms with Gasteiger partial charge in [-0.2, -0.15) is 5.10 Å². The van der Waals surface area contributed by atoms with Crippen molar-refractivity contribution in [2.75, 3.05) is 0 Å². The summed E-state index contributed by atoms with van der Waals surface area (Å²) in [7, 11) is 1.72. The van der Waals surface area contributed by atoms with Crippen LogP contribution in [0.4, 0.5) is 5.69 Å². The van der Waals surface area contributed by atoms with E-state index in [2.05, 4.69) is 5.10 Å². The third-order valence-electron chi connectivity index (χ3n) is 4.08. The molecule has 144 valence electrons. The Morgan fingerprint density at radius 3 is 2.71 bits per heavy atom. The van der Waals surface area contributed by atoms with Crippen LogP contribution in [0.3, 0.4) is 0 Å². The Balaban J connectivity index is 1.61. The van der Waals surface area contributed by atoms with Gasteiger partial charge < -0.3 is 9.15 Å². The molecule has 0 amide bonds. The van der Waals surface area contributed by atoms with E-state index in [4.69, 9.17) is 9.15 Å². The fourth-order valence-electron chi connectivity index (χ4n) is 2.72. The Morgan fingerprint density at radius 1 is 1.29 bits per heavy atom. The van der Waals surface area contributed by atoms with Crippen LogP contribution in [0.5, 0.6) is 5.75 Å². The van der Waals surface area contributed by atoms with E-state index in [1.807, 2.05) is 6.92 Å². The first-order valence-electron chi connectivity index (χ1n) is 8.53. The van der Waals surface area contributed by atoms with Gasteiger partial charge in [0.15, 0.2) is 0 Å². The summed E-state index contributed by atoms with van der Waals surface area (Å²) in [5, 5.41) is 15.0. The van der Waals surface area contributed by atoms with Gasteiger partial charge in [-0.25, -0.2) is 0 Å². The summed E-state index contributed by atoms with van der Waals surface area (Å²) in [5.41, 5.74) is 1.84. The molecule has 2 aromatic heterocycles. The first-order chi connectivity index (χ1) is 13.3. The summed E-state index contributed by atoms with van der Waals surface area (Å²) in [4.78, 5) is 22.6. The molecule has 8 heteroatoms. The zero-order valence-electron chi connectivity index (χ0n) is 15.7. The topological polar surface area (TPSA) is 100 Å². The molecular formula is C20H19N3O5. The van der Waals surface area contributed by atoms with Crippen LogP contribution in [0.1, 0.15) is 33.3 Å². The van der Waals surface area contributed by atoms with Crippen molar-refractivity contribution < 1.29 is 18.9 Å². The molecule has 8 nitrogen and oxygen atoms in total. The average Bonchev–Trinajstić information content (AvgIpc) is 3.23. The molecule has 0 bridgehead atoms. The number of nitrogens with zero attached hydrogens (tertiary/aromatic N) is 3. The molecule has 0 saturated carbocycles. The van der Waals surface area contributed by atoms with Crippen LogP contribution in [0.25, 0.3) is 6.08 Å². The molecule has 0 spiro atoms. The van der Waals surface area contributed by atoms with Gasteiger partial charge >= 0.3 is 0 Å². The Bertz CT molecular complexity index is 1060. The van der Waals surface area contributed by atoms with E-state index in [-0.39, 0.29) is 18.1 Å². The zero-order valence-corrected chi connectivity index (χ0v) is 15.7. The number of carbonyl (C=O) groups excluding carboxylic acids is 1. The fourth-order valence-corrected chi connectivity index (χ4v) is 2.72. The number of hydrogen-bond donors (Lipinski definition) is 0. The van der Waals surface area contributed by atoms with Crippen LogP contribution < -0.4 is 4.74 Å². The largest absolute Gasteiger partial charge is 0.486 e. The molecule has 0 radical (unpaired) electrons. The van der Waals surface area contributed by atoms with E-state index in [9.17, 15) is 14.9 Å². The minimum absolute atomic E-state index is 0.0473. The van der Waals surface area contributed by atoms with Crippen molar-refractivity contribution >= 4 is 17.5 Å². The highest BCUT2D eigenvalue weighted by atomic mass is 16.6. The van der Waals surface area contributed by atoms with Crippen molar-refractivity contribution in [1.29, 1.82) is 0 Å². The van der Waals surface area contributed by atoms with Crippen LogP contribution in [-0.4, -0.2) is 20.5 Å². The Morgan fingerprint density at radius 2 is 2.07 bits per heavy atom. The van der Waals surface area contributed by atoms with Gasteiger partial charge in [0.25, 0.3) is 5.69 Å². The van der Waals surface area contributed by atoms with Crippen molar-refractivity contribution in [2.45, 2.75) is 20.5 Å². The van der Waals surface area contributed by atoms with E-state index < -0.39 is 4.92 Å². The minimum Gasteiger partial charge on any atom is -0.486 e. The highest BCUT2D eigenvalue weighted by Gasteiger charge is 2.11. The van der Waals surface area contributed by atoms with Gasteiger partial charge in [-0.1, -0.05) is 0 Å². The van der Waals surface area contributed by atoms with E-state index in [1.54, 1.807) is 50.4 Å². The van der Waals surface area contributed by atoms with Crippen LogP contribution in [0.15, 0.2) is 46.9 Å². The van der Waals surface area contributed by atoms with Gasteiger partial charge in [-0.15, -0.1) is 0 Å². The second kappa shape index (κ2) is 7.91. The standard InChI is InChI=1S/C20H19N3O5/c1-13-10-16(6-8-18(13)23(25)26)27-12-17-5-4-15(28-17)7-9-20(24)19-11-14(2)21-22(19)3/h4-11H,12H2,1-3H3/b9-7+. The number of benzene rings is 1. The maximum Gasteiger partial charge on any atom is 0.272 e. The number of ether oxygens (including phenoxy) is 1. The highest BCUT2D eigenvalue weighted by molar-refractivity contribution is 6.05.